The Morgan fingerprint density at radius 2 is 1.42 bits per heavy atom. The maximum atomic E-state index is 12.2. The van der Waals surface area contributed by atoms with Crippen LogP contribution in [0, 0.1) is 0 Å². The average molecular weight is 341 g/mol. The second kappa shape index (κ2) is 7.91. The van der Waals surface area contributed by atoms with Gasteiger partial charge in [0.05, 0.1) is 0 Å². The van der Waals surface area contributed by atoms with Crippen LogP contribution in [0.3, 0.4) is 0 Å². The summed E-state index contributed by atoms with van der Waals surface area (Å²) in [5.41, 5.74) is -0.0257. The SMILES string of the molecule is COCCC(C=O)[Si](c1ccccc1)(c1ccccc1)C(C)(C)C. The molecule has 0 radical (unpaired) electrons. The molecule has 0 saturated carbocycles. The van der Waals surface area contributed by atoms with E-state index in [1.54, 1.807) is 7.11 Å². The molecule has 0 amide bonds. The Morgan fingerprint density at radius 1 is 0.958 bits per heavy atom. The highest BCUT2D eigenvalue weighted by Gasteiger charge is 2.52. The van der Waals surface area contributed by atoms with Crippen molar-refractivity contribution in [3.05, 3.63) is 60.7 Å². The van der Waals surface area contributed by atoms with Crippen LogP contribution in [0.2, 0.25) is 10.6 Å². The standard InChI is InChI=1S/C21H28O2Si/c1-21(2,3)24(18-11-7-5-8-12-18,19-13-9-6-10-14-19)20(17-22)15-16-23-4/h5-14,17,20H,15-16H2,1-4H3. The van der Waals surface area contributed by atoms with Crippen LogP contribution < -0.4 is 10.4 Å². The van der Waals surface area contributed by atoms with E-state index >= 15 is 0 Å². The Labute approximate surface area is 146 Å². The molecule has 24 heavy (non-hydrogen) atoms. The van der Waals surface area contributed by atoms with E-state index in [0.29, 0.717) is 6.61 Å². The van der Waals surface area contributed by atoms with E-state index in [0.717, 1.165) is 6.42 Å². The van der Waals surface area contributed by atoms with E-state index in [1.165, 1.54) is 16.7 Å². The molecule has 2 aromatic carbocycles. The highest BCUT2D eigenvalue weighted by Crippen LogP contribution is 2.43. The lowest BCUT2D eigenvalue weighted by Crippen LogP contribution is -2.67. The molecule has 1 unspecified atom stereocenters. The first-order valence-corrected chi connectivity index (χ1v) is 10.6. The highest BCUT2D eigenvalue weighted by molar-refractivity contribution is 7.06. The maximum Gasteiger partial charge on any atom is 0.133 e. The summed E-state index contributed by atoms with van der Waals surface area (Å²) < 4.78 is 5.32. The third-order valence-electron chi connectivity index (χ3n) is 4.99. The lowest BCUT2D eigenvalue weighted by molar-refractivity contribution is -0.108. The Morgan fingerprint density at radius 3 is 1.75 bits per heavy atom. The molecule has 0 N–H and O–H groups in total. The van der Waals surface area contributed by atoms with E-state index in [-0.39, 0.29) is 10.6 Å². The van der Waals surface area contributed by atoms with Gasteiger partial charge < -0.3 is 9.53 Å². The summed E-state index contributed by atoms with van der Waals surface area (Å²) in [7, 11) is -0.662. The third-order valence-corrected chi connectivity index (χ3v) is 11.4. The Bertz CT molecular complexity index is 592. The summed E-state index contributed by atoms with van der Waals surface area (Å²) in [6.45, 7) is 7.45. The van der Waals surface area contributed by atoms with Crippen LogP contribution in [0.1, 0.15) is 27.2 Å². The van der Waals surface area contributed by atoms with Crippen LogP contribution in [-0.2, 0) is 9.53 Å². The molecule has 3 heteroatoms. The Balaban J connectivity index is 2.77. The van der Waals surface area contributed by atoms with Gasteiger partial charge in [0, 0.05) is 19.3 Å². The lowest BCUT2D eigenvalue weighted by Gasteiger charge is -2.47. The minimum absolute atomic E-state index is 0.00494. The van der Waals surface area contributed by atoms with Gasteiger partial charge in [0.1, 0.15) is 14.4 Å². The van der Waals surface area contributed by atoms with Crippen molar-refractivity contribution in [1.29, 1.82) is 0 Å². The minimum atomic E-state index is -2.36. The number of ether oxygens (including phenoxy) is 1. The average Bonchev–Trinajstić information content (AvgIpc) is 2.59. The topological polar surface area (TPSA) is 26.3 Å². The van der Waals surface area contributed by atoms with E-state index in [2.05, 4.69) is 69.3 Å². The molecule has 1 atom stereocenters. The number of hydrogen-bond donors (Lipinski definition) is 0. The van der Waals surface area contributed by atoms with Crippen LogP contribution in [0.25, 0.3) is 0 Å². The molecule has 2 aromatic rings. The van der Waals surface area contributed by atoms with Gasteiger partial charge in [-0.1, -0.05) is 91.8 Å². The van der Waals surface area contributed by atoms with Gasteiger partial charge in [0.25, 0.3) is 0 Å². The van der Waals surface area contributed by atoms with Crippen LogP contribution in [-0.4, -0.2) is 28.1 Å². The molecule has 0 heterocycles. The molecule has 2 rings (SSSR count). The van der Waals surface area contributed by atoms with Gasteiger partial charge in [-0.25, -0.2) is 0 Å². The van der Waals surface area contributed by atoms with Gasteiger partial charge in [-0.15, -0.1) is 0 Å². The van der Waals surface area contributed by atoms with Crippen LogP contribution in [0.15, 0.2) is 60.7 Å². The second-order valence-electron chi connectivity index (χ2n) is 7.31. The van der Waals surface area contributed by atoms with Crippen molar-refractivity contribution < 1.29 is 9.53 Å². The number of methoxy groups -OCH3 is 1. The molecule has 2 nitrogen and oxygen atoms in total. The van der Waals surface area contributed by atoms with Gasteiger partial charge in [0.2, 0.25) is 0 Å². The minimum Gasteiger partial charge on any atom is -0.385 e. The van der Waals surface area contributed by atoms with Gasteiger partial charge >= 0.3 is 0 Å². The van der Waals surface area contributed by atoms with Crippen molar-refractivity contribution in [1.82, 2.24) is 0 Å². The lowest BCUT2D eigenvalue weighted by atomic mass is 10.2. The van der Waals surface area contributed by atoms with Crippen molar-refractivity contribution in [2.75, 3.05) is 13.7 Å². The summed E-state index contributed by atoms with van der Waals surface area (Å²) in [4.78, 5) is 12.2. The molecule has 0 aliphatic heterocycles. The summed E-state index contributed by atoms with van der Waals surface area (Å²) in [6.07, 6.45) is 1.93. The number of carbonyl (C=O) groups excluding carboxylic acids is 1. The van der Waals surface area contributed by atoms with Crippen molar-refractivity contribution in [2.24, 2.45) is 0 Å². The smallest absolute Gasteiger partial charge is 0.133 e. The van der Waals surface area contributed by atoms with Gasteiger partial charge in [0.15, 0.2) is 0 Å². The molecule has 0 aliphatic carbocycles. The molecule has 0 fully saturated rings. The molecular formula is C21H28O2Si. The third kappa shape index (κ3) is 3.37. The molecular weight excluding hydrogens is 312 g/mol. The summed E-state index contributed by atoms with van der Waals surface area (Å²) in [6, 6.07) is 21.2. The molecule has 128 valence electrons. The fourth-order valence-corrected chi connectivity index (χ4v) is 10.3. The van der Waals surface area contributed by atoms with E-state index < -0.39 is 8.07 Å². The van der Waals surface area contributed by atoms with E-state index in [1.807, 2.05) is 12.1 Å². The normalized spacial score (nSPS) is 13.5. The quantitative estimate of drug-likeness (QED) is 0.568. The van der Waals surface area contributed by atoms with E-state index in [4.69, 9.17) is 4.74 Å². The zero-order valence-corrected chi connectivity index (χ0v) is 16.2. The van der Waals surface area contributed by atoms with Crippen molar-refractivity contribution in [2.45, 2.75) is 37.8 Å². The van der Waals surface area contributed by atoms with E-state index in [9.17, 15) is 4.79 Å². The predicted octanol–water partition coefficient (Wildman–Crippen LogP) is 3.66. The fourth-order valence-electron chi connectivity index (χ4n) is 4.05. The number of rotatable bonds is 7. The van der Waals surface area contributed by atoms with Crippen LogP contribution >= 0.6 is 0 Å². The zero-order valence-electron chi connectivity index (χ0n) is 15.2. The summed E-state index contributed by atoms with van der Waals surface area (Å²) in [5.74, 6) is 0. The predicted molar refractivity (Wildman–Crippen MR) is 104 cm³/mol. The zero-order chi connectivity index (χ0) is 17.6. The Hall–Kier alpha value is -1.71. The molecule has 0 spiro atoms. The first-order chi connectivity index (χ1) is 11.5. The Kier molecular flexibility index (Phi) is 6.14. The maximum absolute atomic E-state index is 12.2. The molecule has 0 saturated heterocycles. The highest BCUT2D eigenvalue weighted by atomic mass is 28.3. The van der Waals surface area contributed by atoms with Gasteiger partial charge in [-0.05, 0) is 11.5 Å². The first kappa shape index (κ1) is 18.6. The van der Waals surface area contributed by atoms with Crippen molar-refractivity contribution in [3.8, 4) is 0 Å². The summed E-state index contributed by atoms with van der Waals surface area (Å²) >= 11 is 0. The monoisotopic (exact) mass is 340 g/mol. The molecule has 0 aliphatic rings. The number of carbonyl (C=O) groups is 1. The number of hydrogen-bond acceptors (Lipinski definition) is 2. The fraction of sp³-hybridized carbons (Fsp3) is 0.381. The van der Waals surface area contributed by atoms with Gasteiger partial charge in [-0.2, -0.15) is 0 Å². The molecule has 0 bridgehead atoms. The van der Waals surface area contributed by atoms with Crippen LogP contribution in [0.4, 0.5) is 0 Å². The van der Waals surface area contributed by atoms with Crippen molar-refractivity contribution >= 4 is 24.7 Å². The first-order valence-electron chi connectivity index (χ1n) is 8.53. The van der Waals surface area contributed by atoms with Crippen LogP contribution in [0.5, 0.6) is 0 Å². The summed E-state index contributed by atoms with van der Waals surface area (Å²) in [5, 5.41) is 2.63. The van der Waals surface area contributed by atoms with Gasteiger partial charge in [-0.3, -0.25) is 0 Å². The largest absolute Gasteiger partial charge is 0.385 e. The van der Waals surface area contributed by atoms with Crippen molar-refractivity contribution in [3.63, 3.8) is 0 Å². The number of aldehydes is 1. The second-order valence-corrected chi connectivity index (χ2v) is 12.3. The molecule has 0 aromatic heterocycles. The number of benzene rings is 2.